The molecule has 0 aliphatic heterocycles. The van der Waals surface area contributed by atoms with Crippen LogP contribution in [0.5, 0.6) is 0 Å². The molecule has 2 heteroatoms. The predicted molar refractivity (Wildman–Crippen MR) is 67.7 cm³/mol. The van der Waals surface area contributed by atoms with Gasteiger partial charge in [0.15, 0.2) is 0 Å². The molecule has 1 N–H and O–H groups in total. The third-order valence-corrected chi connectivity index (χ3v) is 3.44. The highest BCUT2D eigenvalue weighted by molar-refractivity contribution is 5.61. The first kappa shape index (κ1) is 10.5. The summed E-state index contributed by atoms with van der Waals surface area (Å²) < 4.78 is 0. The smallest absolute Gasteiger partial charge is 0.0702 e. The van der Waals surface area contributed by atoms with Crippen LogP contribution in [0.15, 0.2) is 42.6 Å². The van der Waals surface area contributed by atoms with Gasteiger partial charge in [-0.15, -0.1) is 0 Å². The van der Waals surface area contributed by atoms with E-state index in [2.05, 4.69) is 23.2 Å². The lowest BCUT2D eigenvalue weighted by molar-refractivity contribution is 0.232. The molecular weight excluding hydrogens is 210 g/mol. The van der Waals surface area contributed by atoms with E-state index in [9.17, 15) is 5.11 Å². The van der Waals surface area contributed by atoms with Crippen molar-refractivity contribution in [3.63, 3.8) is 0 Å². The van der Waals surface area contributed by atoms with Gasteiger partial charge in [-0.1, -0.05) is 18.2 Å². The third-order valence-electron chi connectivity index (χ3n) is 3.44. The quantitative estimate of drug-likeness (QED) is 0.851. The van der Waals surface area contributed by atoms with Crippen molar-refractivity contribution in [1.82, 2.24) is 4.98 Å². The van der Waals surface area contributed by atoms with Crippen LogP contribution in [0.3, 0.4) is 0 Å². The average Bonchev–Trinajstić information content (AvgIpc) is 2.81. The second-order valence-corrected chi connectivity index (χ2v) is 4.66. The van der Waals surface area contributed by atoms with Crippen LogP contribution in [-0.4, -0.2) is 16.7 Å². The summed E-state index contributed by atoms with van der Waals surface area (Å²) in [4.78, 5) is 4.36. The highest BCUT2D eigenvalue weighted by atomic mass is 16.3. The molecule has 1 aliphatic rings. The molecule has 0 amide bonds. The van der Waals surface area contributed by atoms with Gasteiger partial charge in [-0.3, -0.25) is 4.98 Å². The lowest BCUT2D eigenvalue weighted by Gasteiger charge is -2.03. The van der Waals surface area contributed by atoms with Crippen molar-refractivity contribution in [3.05, 3.63) is 53.7 Å². The van der Waals surface area contributed by atoms with Crippen molar-refractivity contribution in [1.29, 1.82) is 0 Å². The van der Waals surface area contributed by atoms with Gasteiger partial charge in [-0.05, 0) is 48.1 Å². The topological polar surface area (TPSA) is 33.1 Å². The standard InChI is InChI=1S/C15H15NO/c17-10-11-7-12-4-5-13(9-14(12)8-11)15-3-1-2-6-16-15/h1-6,9,11,17H,7-8,10H2. The Morgan fingerprint density at radius 1 is 1.12 bits per heavy atom. The summed E-state index contributed by atoms with van der Waals surface area (Å²) in [5, 5.41) is 9.21. The molecule has 17 heavy (non-hydrogen) atoms. The van der Waals surface area contributed by atoms with Crippen LogP contribution < -0.4 is 0 Å². The molecule has 1 unspecified atom stereocenters. The van der Waals surface area contributed by atoms with Crippen LogP contribution in [0.2, 0.25) is 0 Å². The zero-order valence-corrected chi connectivity index (χ0v) is 9.63. The molecule has 1 aromatic carbocycles. The van der Waals surface area contributed by atoms with Crippen LogP contribution in [0, 0.1) is 5.92 Å². The molecule has 0 bridgehead atoms. The fourth-order valence-corrected chi connectivity index (χ4v) is 2.53. The Labute approximate surface area is 101 Å². The molecule has 0 radical (unpaired) electrons. The predicted octanol–water partition coefficient (Wildman–Crippen LogP) is 2.46. The van der Waals surface area contributed by atoms with Crippen LogP contribution in [-0.2, 0) is 12.8 Å². The SMILES string of the molecule is OCC1Cc2ccc(-c3ccccn3)cc2C1. The van der Waals surface area contributed by atoms with E-state index in [-0.39, 0.29) is 6.61 Å². The lowest BCUT2D eigenvalue weighted by atomic mass is 10.0. The number of benzene rings is 1. The van der Waals surface area contributed by atoms with Gasteiger partial charge in [0.05, 0.1) is 5.69 Å². The van der Waals surface area contributed by atoms with Gasteiger partial charge >= 0.3 is 0 Å². The highest BCUT2D eigenvalue weighted by Gasteiger charge is 2.20. The zero-order chi connectivity index (χ0) is 11.7. The molecule has 0 spiro atoms. The van der Waals surface area contributed by atoms with Crippen molar-refractivity contribution in [2.75, 3.05) is 6.61 Å². The van der Waals surface area contributed by atoms with Gasteiger partial charge in [0.1, 0.15) is 0 Å². The maximum Gasteiger partial charge on any atom is 0.0702 e. The van der Waals surface area contributed by atoms with Crippen LogP contribution >= 0.6 is 0 Å². The minimum absolute atomic E-state index is 0.285. The van der Waals surface area contributed by atoms with Crippen molar-refractivity contribution in [2.24, 2.45) is 5.92 Å². The molecule has 1 atom stereocenters. The molecule has 1 aromatic heterocycles. The summed E-state index contributed by atoms with van der Waals surface area (Å²) in [7, 11) is 0. The van der Waals surface area contributed by atoms with Gasteiger partial charge < -0.3 is 5.11 Å². The molecule has 86 valence electrons. The van der Waals surface area contributed by atoms with E-state index in [1.165, 1.54) is 16.7 Å². The Hall–Kier alpha value is -1.67. The minimum Gasteiger partial charge on any atom is -0.396 e. The van der Waals surface area contributed by atoms with E-state index < -0.39 is 0 Å². The van der Waals surface area contributed by atoms with Gasteiger partial charge in [0.25, 0.3) is 0 Å². The van der Waals surface area contributed by atoms with Crippen LogP contribution in [0.25, 0.3) is 11.3 Å². The summed E-state index contributed by atoms with van der Waals surface area (Å²) in [6, 6.07) is 12.5. The van der Waals surface area contributed by atoms with Crippen LogP contribution in [0.1, 0.15) is 11.1 Å². The van der Waals surface area contributed by atoms with E-state index in [1.54, 1.807) is 0 Å². The van der Waals surface area contributed by atoms with E-state index in [0.717, 1.165) is 18.5 Å². The number of rotatable bonds is 2. The summed E-state index contributed by atoms with van der Waals surface area (Å²) in [5.74, 6) is 0.406. The average molecular weight is 225 g/mol. The second kappa shape index (κ2) is 4.30. The zero-order valence-electron chi connectivity index (χ0n) is 9.63. The number of nitrogens with zero attached hydrogens (tertiary/aromatic N) is 1. The Bertz CT molecular complexity index is 522. The van der Waals surface area contributed by atoms with Gasteiger partial charge in [0.2, 0.25) is 0 Å². The fraction of sp³-hybridized carbons (Fsp3) is 0.267. The molecule has 2 aromatic rings. The Balaban J connectivity index is 1.96. The second-order valence-electron chi connectivity index (χ2n) is 4.66. The molecule has 1 heterocycles. The first-order valence-electron chi connectivity index (χ1n) is 6.01. The number of aliphatic hydroxyl groups excluding tert-OH is 1. The van der Waals surface area contributed by atoms with Crippen LogP contribution in [0.4, 0.5) is 0 Å². The summed E-state index contributed by atoms with van der Waals surface area (Å²) in [6.45, 7) is 0.285. The first-order valence-corrected chi connectivity index (χ1v) is 6.01. The summed E-state index contributed by atoms with van der Waals surface area (Å²) >= 11 is 0. The highest BCUT2D eigenvalue weighted by Crippen LogP contribution is 2.30. The third kappa shape index (κ3) is 1.96. The molecule has 0 saturated heterocycles. The van der Waals surface area contributed by atoms with Gasteiger partial charge in [-0.25, -0.2) is 0 Å². The summed E-state index contributed by atoms with van der Waals surface area (Å²) in [5.41, 5.74) is 4.93. The normalized spacial score (nSPS) is 18.1. The monoisotopic (exact) mass is 225 g/mol. The molecule has 0 saturated carbocycles. The number of fused-ring (bicyclic) bond motifs is 1. The first-order chi connectivity index (χ1) is 8.36. The maximum absolute atomic E-state index is 9.21. The van der Waals surface area contributed by atoms with E-state index in [0.29, 0.717) is 5.92 Å². The Morgan fingerprint density at radius 3 is 2.76 bits per heavy atom. The number of pyridine rings is 1. The molecule has 3 rings (SSSR count). The van der Waals surface area contributed by atoms with Crippen molar-refractivity contribution in [2.45, 2.75) is 12.8 Å². The maximum atomic E-state index is 9.21. The van der Waals surface area contributed by atoms with Gasteiger partial charge in [0, 0.05) is 18.4 Å². The lowest BCUT2D eigenvalue weighted by Crippen LogP contribution is -2.04. The molecular formula is C15H15NO. The van der Waals surface area contributed by atoms with Crippen molar-refractivity contribution < 1.29 is 5.11 Å². The Morgan fingerprint density at radius 2 is 2.00 bits per heavy atom. The van der Waals surface area contributed by atoms with E-state index in [1.807, 2.05) is 24.4 Å². The summed E-state index contributed by atoms with van der Waals surface area (Å²) in [6.07, 6.45) is 3.82. The van der Waals surface area contributed by atoms with Crippen molar-refractivity contribution >= 4 is 0 Å². The molecule has 2 nitrogen and oxygen atoms in total. The number of hydrogen-bond acceptors (Lipinski definition) is 2. The van der Waals surface area contributed by atoms with E-state index >= 15 is 0 Å². The fourth-order valence-electron chi connectivity index (χ4n) is 2.53. The number of aromatic nitrogens is 1. The number of aliphatic hydroxyl groups is 1. The van der Waals surface area contributed by atoms with Crippen molar-refractivity contribution in [3.8, 4) is 11.3 Å². The molecule has 0 fully saturated rings. The van der Waals surface area contributed by atoms with Gasteiger partial charge in [-0.2, -0.15) is 0 Å². The van der Waals surface area contributed by atoms with E-state index in [4.69, 9.17) is 0 Å². The molecule has 1 aliphatic carbocycles. The number of hydrogen-bond donors (Lipinski definition) is 1. The minimum atomic E-state index is 0.285. The Kier molecular flexibility index (Phi) is 2.65. The largest absolute Gasteiger partial charge is 0.396 e.